The van der Waals surface area contributed by atoms with Crippen LogP contribution in [-0.2, 0) is 22.3 Å². The molecule has 2 aromatic rings. The standard InChI is InChI=1S/C20H19ClF3N3O2/c21-17-4-1-14(11-16(17)20(22,23)24)3-6-19(28)26-13-15-2-5-18(25-12-15)27-7-9-29-10-8-27/h1-6,11-12H,7-10,13H2,(H,26,28)/b6-3+. The van der Waals surface area contributed by atoms with Gasteiger partial charge >= 0.3 is 6.18 Å². The highest BCUT2D eigenvalue weighted by atomic mass is 35.5. The Balaban J connectivity index is 1.54. The van der Waals surface area contributed by atoms with Crippen molar-refractivity contribution in [2.24, 2.45) is 0 Å². The molecule has 1 aliphatic rings. The van der Waals surface area contributed by atoms with Crippen molar-refractivity contribution in [2.45, 2.75) is 12.7 Å². The topological polar surface area (TPSA) is 54.5 Å². The van der Waals surface area contributed by atoms with Gasteiger partial charge in [-0.15, -0.1) is 0 Å². The van der Waals surface area contributed by atoms with E-state index in [2.05, 4.69) is 15.2 Å². The Morgan fingerprint density at radius 1 is 1.24 bits per heavy atom. The lowest BCUT2D eigenvalue weighted by molar-refractivity contribution is -0.137. The molecule has 1 fully saturated rings. The van der Waals surface area contributed by atoms with E-state index in [1.54, 1.807) is 6.20 Å². The molecule has 3 rings (SSSR count). The lowest BCUT2D eigenvalue weighted by Crippen LogP contribution is -2.36. The van der Waals surface area contributed by atoms with Gasteiger partial charge in [-0.25, -0.2) is 4.98 Å². The van der Waals surface area contributed by atoms with Gasteiger partial charge in [-0.05, 0) is 35.4 Å². The fraction of sp³-hybridized carbons (Fsp3) is 0.300. The van der Waals surface area contributed by atoms with Crippen molar-refractivity contribution in [3.63, 3.8) is 0 Å². The number of carbonyl (C=O) groups excluding carboxylic acids is 1. The molecule has 0 aliphatic carbocycles. The van der Waals surface area contributed by atoms with Crippen LogP contribution in [0.25, 0.3) is 6.08 Å². The molecular weight excluding hydrogens is 407 g/mol. The molecule has 29 heavy (non-hydrogen) atoms. The average molecular weight is 426 g/mol. The van der Waals surface area contributed by atoms with Crippen LogP contribution in [0.2, 0.25) is 5.02 Å². The molecule has 1 aromatic heterocycles. The monoisotopic (exact) mass is 425 g/mol. The van der Waals surface area contributed by atoms with Crippen LogP contribution >= 0.6 is 11.6 Å². The molecule has 1 saturated heterocycles. The summed E-state index contributed by atoms with van der Waals surface area (Å²) in [6.07, 6.45) is -0.382. The third-order valence-electron chi connectivity index (χ3n) is 4.33. The van der Waals surface area contributed by atoms with Crippen molar-refractivity contribution < 1.29 is 22.7 Å². The summed E-state index contributed by atoms with van der Waals surface area (Å²) >= 11 is 5.58. The van der Waals surface area contributed by atoms with Gasteiger partial charge in [0.2, 0.25) is 5.91 Å². The average Bonchev–Trinajstić information content (AvgIpc) is 2.72. The number of carbonyl (C=O) groups is 1. The number of hydrogen-bond donors (Lipinski definition) is 1. The molecular formula is C20H19ClF3N3O2. The van der Waals surface area contributed by atoms with E-state index in [0.717, 1.165) is 36.6 Å². The minimum Gasteiger partial charge on any atom is -0.378 e. The minimum absolute atomic E-state index is 0.230. The number of aromatic nitrogens is 1. The first kappa shape index (κ1) is 21.1. The van der Waals surface area contributed by atoms with Gasteiger partial charge in [0.1, 0.15) is 5.82 Å². The molecule has 2 heterocycles. The van der Waals surface area contributed by atoms with E-state index in [-0.39, 0.29) is 17.1 Å². The third-order valence-corrected chi connectivity index (χ3v) is 4.66. The van der Waals surface area contributed by atoms with Gasteiger partial charge in [0, 0.05) is 31.9 Å². The van der Waals surface area contributed by atoms with Gasteiger partial charge in [0.25, 0.3) is 0 Å². The van der Waals surface area contributed by atoms with E-state index in [0.29, 0.717) is 13.2 Å². The zero-order chi connectivity index (χ0) is 20.9. The van der Waals surface area contributed by atoms with Crippen LogP contribution in [-0.4, -0.2) is 37.2 Å². The first-order valence-corrected chi connectivity index (χ1v) is 9.31. The Morgan fingerprint density at radius 3 is 2.66 bits per heavy atom. The van der Waals surface area contributed by atoms with E-state index < -0.39 is 17.6 Å². The van der Waals surface area contributed by atoms with Crippen LogP contribution in [0.3, 0.4) is 0 Å². The molecule has 0 spiro atoms. The summed E-state index contributed by atoms with van der Waals surface area (Å²) in [5, 5.41) is 2.29. The molecule has 5 nitrogen and oxygen atoms in total. The normalized spacial score (nSPS) is 15.0. The molecule has 9 heteroatoms. The molecule has 1 aliphatic heterocycles. The third kappa shape index (κ3) is 5.95. The molecule has 1 N–H and O–H groups in total. The lowest BCUT2D eigenvalue weighted by Gasteiger charge is -2.27. The number of amides is 1. The number of pyridine rings is 1. The van der Waals surface area contributed by atoms with Gasteiger partial charge in [0.15, 0.2) is 0 Å². The van der Waals surface area contributed by atoms with Crippen molar-refractivity contribution in [1.29, 1.82) is 0 Å². The maximum absolute atomic E-state index is 12.9. The number of benzene rings is 1. The quantitative estimate of drug-likeness (QED) is 0.738. The second kappa shape index (κ2) is 9.28. The maximum atomic E-state index is 12.9. The van der Waals surface area contributed by atoms with Gasteiger partial charge in [-0.2, -0.15) is 13.2 Å². The van der Waals surface area contributed by atoms with Crippen LogP contribution < -0.4 is 10.2 Å². The minimum atomic E-state index is -4.55. The van der Waals surface area contributed by atoms with Crippen molar-refractivity contribution >= 4 is 29.4 Å². The van der Waals surface area contributed by atoms with Gasteiger partial charge < -0.3 is 15.0 Å². The first-order valence-electron chi connectivity index (χ1n) is 8.93. The van der Waals surface area contributed by atoms with Crippen LogP contribution in [0.15, 0.2) is 42.6 Å². The van der Waals surface area contributed by atoms with Gasteiger partial charge in [0.05, 0.1) is 23.8 Å². The zero-order valence-corrected chi connectivity index (χ0v) is 16.1. The number of morpholine rings is 1. The Hall–Kier alpha value is -2.58. The van der Waals surface area contributed by atoms with Crippen LogP contribution in [0.5, 0.6) is 0 Å². The van der Waals surface area contributed by atoms with E-state index in [9.17, 15) is 18.0 Å². The number of hydrogen-bond acceptors (Lipinski definition) is 4. The predicted octanol–water partition coefficient (Wildman–Crippen LogP) is 3.92. The highest BCUT2D eigenvalue weighted by Gasteiger charge is 2.33. The summed E-state index contributed by atoms with van der Waals surface area (Å²) in [6.45, 7) is 3.17. The summed E-state index contributed by atoms with van der Waals surface area (Å²) in [5.74, 6) is 0.428. The summed E-state index contributed by atoms with van der Waals surface area (Å²) in [7, 11) is 0. The molecule has 154 valence electrons. The number of ether oxygens (including phenoxy) is 1. The number of nitrogens with one attached hydrogen (secondary N) is 1. The van der Waals surface area contributed by atoms with Crippen molar-refractivity contribution in [3.05, 3.63) is 64.3 Å². The Labute approximate surface area is 171 Å². The second-order valence-corrected chi connectivity index (χ2v) is 6.82. The molecule has 0 atom stereocenters. The molecule has 0 unspecified atom stereocenters. The van der Waals surface area contributed by atoms with Crippen molar-refractivity contribution in [2.75, 3.05) is 31.2 Å². The van der Waals surface area contributed by atoms with E-state index >= 15 is 0 Å². The summed E-state index contributed by atoms with van der Waals surface area (Å²) in [5.41, 5.74) is 0.108. The highest BCUT2D eigenvalue weighted by Crippen LogP contribution is 2.35. The smallest absolute Gasteiger partial charge is 0.378 e. The summed E-state index contributed by atoms with van der Waals surface area (Å²) in [6, 6.07) is 7.23. The highest BCUT2D eigenvalue weighted by molar-refractivity contribution is 6.31. The fourth-order valence-corrected chi connectivity index (χ4v) is 3.01. The van der Waals surface area contributed by atoms with Crippen molar-refractivity contribution in [1.82, 2.24) is 10.3 Å². The van der Waals surface area contributed by atoms with E-state index in [1.165, 1.54) is 18.2 Å². The van der Waals surface area contributed by atoms with Gasteiger partial charge in [-0.1, -0.05) is 23.7 Å². The van der Waals surface area contributed by atoms with E-state index in [4.69, 9.17) is 16.3 Å². The summed E-state index contributed by atoms with van der Waals surface area (Å²) in [4.78, 5) is 18.5. The van der Waals surface area contributed by atoms with Crippen LogP contribution in [0, 0.1) is 0 Å². The number of nitrogens with zero attached hydrogens (tertiary/aromatic N) is 2. The largest absolute Gasteiger partial charge is 0.417 e. The zero-order valence-electron chi connectivity index (χ0n) is 15.4. The Kier molecular flexibility index (Phi) is 6.76. The first-order chi connectivity index (χ1) is 13.8. The predicted molar refractivity (Wildman–Crippen MR) is 105 cm³/mol. The molecule has 1 aromatic carbocycles. The number of rotatable bonds is 5. The summed E-state index contributed by atoms with van der Waals surface area (Å²) < 4.78 is 43.9. The van der Waals surface area contributed by atoms with E-state index in [1.807, 2.05) is 12.1 Å². The number of alkyl halides is 3. The molecule has 0 bridgehead atoms. The Morgan fingerprint density at radius 2 is 2.00 bits per heavy atom. The number of anilines is 1. The SMILES string of the molecule is O=C(/C=C/c1ccc(Cl)c(C(F)(F)F)c1)NCc1ccc(N2CCOCC2)nc1. The number of halogens is 4. The second-order valence-electron chi connectivity index (χ2n) is 6.41. The molecule has 0 radical (unpaired) electrons. The molecule has 0 saturated carbocycles. The maximum Gasteiger partial charge on any atom is 0.417 e. The van der Waals surface area contributed by atoms with Crippen LogP contribution in [0.4, 0.5) is 19.0 Å². The fourth-order valence-electron chi connectivity index (χ4n) is 2.78. The Bertz CT molecular complexity index is 880. The van der Waals surface area contributed by atoms with Crippen LogP contribution in [0.1, 0.15) is 16.7 Å². The lowest BCUT2D eigenvalue weighted by atomic mass is 10.1. The van der Waals surface area contributed by atoms with Crippen molar-refractivity contribution in [3.8, 4) is 0 Å². The molecule has 1 amide bonds. The van der Waals surface area contributed by atoms with Gasteiger partial charge in [-0.3, -0.25) is 4.79 Å².